The summed E-state index contributed by atoms with van der Waals surface area (Å²) in [6, 6.07) is 13.3. The van der Waals surface area contributed by atoms with Crippen molar-refractivity contribution in [3.8, 4) is 0 Å². The van der Waals surface area contributed by atoms with Crippen molar-refractivity contribution in [1.29, 1.82) is 0 Å². The predicted octanol–water partition coefficient (Wildman–Crippen LogP) is 2.68. The first-order valence-electron chi connectivity index (χ1n) is 8.46. The number of nitrogens with one attached hydrogen (secondary N) is 1. The van der Waals surface area contributed by atoms with Gasteiger partial charge >= 0.3 is 0 Å². The number of anilines is 3. The molecule has 0 amide bonds. The van der Waals surface area contributed by atoms with Crippen molar-refractivity contribution in [1.82, 2.24) is 35.2 Å². The lowest BCUT2D eigenvalue weighted by atomic mass is 10.3. The summed E-state index contributed by atoms with van der Waals surface area (Å²) in [6.07, 6.45) is 1.62. The second-order valence-electron chi connectivity index (χ2n) is 5.82. The van der Waals surface area contributed by atoms with Gasteiger partial charge in [0, 0.05) is 5.69 Å². The van der Waals surface area contributed by atoms with E-state index in [2.05, 4.69) is 35.8 Å². The largest absolute Gasteiger partial charge is 0.467 e. The first-order valence-corrected chi connectivity index (χ1v) is 9.34. The third-order valence-electron chi connectivity index (χ3n) is 3.73. The molecule has 0 saturated heterocycles. The smallest absolute Gasteiger partial charge is 0.232 e. The van der Waals surface area contributed by atoms with Gasteiger partial charge in [0.15, 0.2) is 0 Å². The zero-order valence-corrected chi connectivity index (χ0v) is 15.7. The molecule has 0 aliphatic carbocycles. The molecule has 0 aliphatic heterocycles. The van der Waals surface area contributed by atoms with E-state index in [1.807, 2.05) is 49.4 Å². The molecular weight excluding hydrogens is 378 g/mol. The van der Waals surface area contributed by atoms with Crippen molar-refractivity contribution < 1.29 is 4.42 Å². The molecule has 0 fully saturated rings. The molecule has 1 aromatic carbocycles. The fourth-order valence-electron chi connectivity index (χ4n) is 2.44. The summed E-state index contributed by atoms with van der Waals surface area (Å²) < 4.78 is 7.02. The minimum absolute atomic E-state index is 0.144. The Bertz CT molecular complexity index is 1040. The van der Waals surface area contributed by atoms with E-state index in [4.69, 9.17) is 10.2 Å². The van der Waals surface area contributed by atoms with Crippen LogP contribution in [-0.2, 0) is 6.54 Å². The molecule has 4 aromatic rings. The van der Waals surface area contributed by atoms with Crippen LogP contribution in [0.25, 0.3) is 0 Å². The quantitative estimate of drug-likeness (QED) is 0.450. The van der Waals surface area contributed by atoms with Crippen molar-refractivity contribution >= 4 is 29.3 Å². The summed E-state index contributed by atoms with van der Waals surface area (Å²) >= 11 is 1.42. The number of aromatic nitrogens is 7. The Hall–Kier alpha value is -3.47. The number of tetrazole rings is 1. The van der Waals surface area contributed by atoms with E-state index in [0.717, 1.165) is 11.4 Å². The number of hydrogen-bond donors (Lipinski definition) is 2. The highest BCUT2D eigenvalue weighted by molar-refractivity contribution is 7.99. The van der Waals surface area contributed by atoms with Crippen molar-refractivity contribution in [2.45, 2.75) is 23.9 Å². The van der Waals surface area contributed by atoms with Crippen LogP contribution in [0.2, 0.25) is 0 Å². The Morgan fingerprint density at radius 2 is 2.00 bits per heavy atom. The summed E-state index contributed by atoms with van der Waals surface area (Å²) in [5.74, 6) is 1.83. The van der Waals surface area contributed by atoms with E-state index >= 15 is 0 Å². The summed E-state index contributed by atoms with van der Waals surface area (Å²) in [5.41, 5.74) is 6.74. The monoisotopic (exact) mass is 395 g/mol. The number of nitrogens with two attached hydrogens (primary N) is 1. The average molecular weight is 395 g/mol. The summed E-state index contributed by atoms with van der Waals surface area (Å²) in [7, 11) is 0. The highest BCUT2D eigenvalue weighted by atomic mass is 32.2. The molecule has 3 N–H and O–H groups in total. The Morgan fingerprint density at radius 3 is 2.79 bits per heavy atom. The molecule has 28 heavy (non-hydrogen) atoms. The van der Waals surface area contributed by atoms with Gasteiger partial charge in [-0.15, -0.1) is 5.10 Å². The third kappa shape index (κ3) is 4.26. The molecule has 4 rings (SSSR count). The van der Waals surface area contributed by atoms with Gasteiger partial charge in [0.2, 0.25) is 17.1 Å². The van der Waals surface area contributed by atoms with Gasteiger partial charge in [-0.1, -0.05) is 30.0 Å². The number of thioether (sulfide) groups is 1. The van der Waals surface area contributed by atoms with Crippen LogP contribution in [0, 0.1) is 0 Å². The number of hydrogen-bond acceptors (Lipinski definition) is 10. The molecule has 10 nitrogen and oxygen atoms in total. The van der Waals surface area contributed by atoms with Crippen LogP contribution in [0.15, 0.2) is 58.3 Å². The van der Waals surface area contributed by atoms with E-state index in [1.165, 1.54) is 11.8 Å². The second kappa shape index (κ2) is 8.05. The molecule has 3 aromatic heterocycles. The van der Waals surface area contributed by atoms with Crippen molar-refractivity contribution in [2.75, 3.05) is 11.1 Å². The van der Waals surface area contributed by atoms with Crippen molar-refractivity contribution in [3.63, 3.8) is 0 Å². The van der Waals surface area contributed by atoms with Crippen LogP contribution in [0.5, 0.6) is 0 Å². The minimum atomic E-state index is -0.150. The van der Waals surface area contributed by atoms with Crippen LogP contribution < -0.4 is 11.1 Å². The van der Waals surface area contributed by atoms with E-state index in [-0.39, 0.29) is 11.2 Å². The first kappa shape index (κ1) is 17.9. The second-order valence-corrected chi connectivity index (χ2v) is 7.13. The maximum Gasteiger partial charge on any atom is 0.232 e. The van der Waals surface area contributed by atoms with E-state index in [0.29, 0.717) is 23.5 Å². The lowest BCUT2D eigenvalue weighted by Crippen LogP contribution is -2.09. The summed E-state index contributed by atoms with van der Waals surface area (Å²) in [5, 5.41) is 15.4. The van der Waals surface area contributed by atoms with Crippen LogP contribution >= 0.6 is 11.8 Å². The highest BCUT2D eigenvalue weighted by Gasteiger charge is 2.18. The molecule has 11 heteroatoms. The van der Waals surface area contributed by atoms with Crippen molar-refractivity contribution in [3.05, 3.63) is 60.3 Å². The Labute approximate surface area is 164 Å². The van der Waals surface area contributed by atoms with Gasteiger partial charge in [-0.25, -0.2) is 4.68 Å². The van der Waals surface area contributed by atoms with Gasteiger partial charge in [-0.2, -0.15) is 15.0 Å². The molecule has 1 atom stereocenters. The molecule has 0 bridgehead atoms. The van der Waals surface area contributed by atoms with E-state index in [9.17, 15) is 0 Å². The van der Waals surface area contributed by atoms with Gasteiger partial charge in [-0.3, -0.25) is 0 Å². The number of furan rings is 1. The van der Waals surface area contributed by atoms with Gasteiger partial charge in [0.05, 0.1) is 11.5 Å². The fraction of sp³-hybridized carbons (Fsp3) is 0.176. The Kier molecular flexibility index (Phi) is 5.15. The lowest BCUT2D eigenvalue weighted by Gasteiger charge is -2.12. The SMILES string of the molecule is C[C@@H](Sc1nnnn1Cc1ccco1)c1nc(N)nc(Nc2ccccc2)n1. The molecular formula is C17H17N9OS. The lowest BCUT2D eigenvalue weighted by molar-refractivity contribution is 0.462. The predicted molar refractivity (Wildman–Crippen MR) is 104 cm³/mol. The maximum absolute atomic E-state index is 5.88. The van der Waals surface area contributed by atoms with E-state index < -0.39 is 0 Å². The fourth-order valence-corrected chi connectivity index (χ4v) is 3.27. The number of nitrogens with zero attached hydrogens (tertiary/aromatic N) is 7. The summed E-state index contributed by atoms with van der Waals surface area (Å²) in [4.78, 5) is 12.9. The zero-order chi connectivity index (χ0) is 19.3. The molecule has 0 unspecified atom stereocenters. The Morgan fingerprint density at radius 1 is 1.14 bits per heavy atom. The zero-order valence-electron chi connectivity index (χ0n) is 14.9. The van der Waals surface area contributed by atoms with Gasteiger partial charge in [0.1, 0.15) is 18.1 Å². The van der Waals surface area contributed by atoms with Crippen LogP contribution in [0.1, 0.15) is 23.8 Å². The van der Waals surface area contributed by atoms with Crippen LogP contribution in [0.4, 0.5) is 17.6 Å². The normalized spacial score (nSPS) is 12.0. The number of benzene rings is 1. The van der Waals surface area contributed by atoms with Crippen LogP contribution in [-0.4, -0.2) is 35.2 Å². The number of nitrogen functional groups attached to an aromatic ring is 1. The van der Waals surface area contributed by atoms with Gasteiger partial charge < -0.3 is 15.5 Å². The number of para-hydroxylation sites is 1. The minimum Gasteiger partial charge on any atom is -0.467 e. The van der Waals surface area contributed by atoms with Gasteiger partial charge in [0.25, 0.3) is 0 Å². The topological polar surface area (TPSA) is 133 Å². The average Bonchev–Trinajstić information content (AvgIpc) is 3.35. The molecule has 0 saturated carbocycles. The van der Waals surface area contributed by atoms with Crippen molar-refractivity contribution in [2.24, 2.45) is 0 Å². The maximum atomic E-state index is 5.88. The molecule has 3 heterocycles. The standard InChI is InChI=1S/C17H17N9OS/c1-11(28-17-23-24-25-26(17)10-13-8-5-9-27-13)14-20-15(18)22-16(21-14)19-12-6-3-2-4-7-12/h2-9,11H,10H2,1H3,(H3,18,19,20,21,22)/t11-/m1/s1. The van der Waals surface area contributed by atoms with E-state index in [1.54, 1.807) is 10.9 Å². The van der Waals surface area contributed by atoms with Gasteiger partial charge in [-0.05, 0) is 41.6 Å². The molecule has 142 valence electrons. The molecule has 0 radical (unpaired) electrons. The molecule has 0 spiro atoms. The molecule has 0 aliphatic rings. The van der Waals surface area contributed by atoms with Crippen LogP contribution in [0.3, 0.4) is 0 Å². The Balaban J connectivity index is 1.51. The first-order chi connectivity index (χ1) is 13.7. The highest BCUT2D eigenvalue weighted by Crippen LogP contribution is 2.32. The summed E-state index contributed by atoms with van der Waals surface area (Å²) in [6.45, 7) is 2.40. The third-order valence-corrected chi connectivity index (χ3v) is 4.80. The number of rotatable bonds is 7.